The van der Waals surface area contributed by atoms with Crippen LogP contribution >= 0.6 is 22.6 Å². The summed E-state index contributed by atoms with van der Waals surface area (Å²) in [6.45, 7) is 0. The van der Waals surface area contributed by atoms with E-state index in [2.05, 4.69) is 0 Å². The minimum atomic E-state index is -0.634. The topological polar surface area (TPSA) is 33.4 Å². The molecule has 16 heavy (non-hydrogen) atoms. The smallest absolute Gasteiger partial charge is 0.124 e. The van der Waals surface area contributed by atoms with Crippen LogP contribution in [0.4, 0.5) is 4.39 Å². The zero-order valence-corrected chi connectivity index (χ0v) is 10.5. The molecule has 1 aromatic heterocycles. The molecule has 84 valence electrons. The second-order valence-electron chi connectivity index (χ2n) is 3.52. The molecule has 1 heterocycles. The number of halogens is 2. The molecule has 4 heteroatoms. The highest BCUT2D eigenvalue weighted by Crippen LogP contribution is 2.24. The van der Waals surface area contributed by atoms with Crippen molar-refractivity contribution in [2.75, 3.05) is 0 Å². The van der Waals surface area contributed by atoms with Crippen molar-refractivity contribution in [3.63, 3.8) is 0 Å². The van der Waals surface area contributed by atoms with Crippen LogP contribution < -0.4 is 0 Å². The van der Waals surface area contributed by atoms with Crippen LogP contribution in [0.1, 0.15) is 17.2 Å². The molecular weight excluding hydrogens is 322 g/mol. The Balaban J connectivity index is 2.17. The quantitative estimate of drug-likeness (QED) is 0.875. The van der Waals surface area contributed by atoms with Crippen molar-refractivity contribution in [1.29, 1.82) is 0 Å². The fraction of sp³-hybridized carbons (Fsp3) is 0.167. The highest BCUT2D eigenvalue weighted by molar-refractivity contribution is 14.1. The summed E-state index contributed by atoms with van der Waals surface area (Å²) < 4.78 is 18.5. The standard InChI is InChI=1S/C12H10FIO2/c13-9-1-2-10(11(14)6-9)12(15)5-8-3-4-16-7-8/h1-4,6-7,12,15H,5H2. The molecule has 0 aliphatic rings. The molecule has 0 saturated carbocycles. The first-order valence-electron chi connectivity index (χ1n) is 4.81. The molecule has 1 N–H and O–H groups in total. The lowest BCUT2D eigenvalue weighted by molar-refractivity contribution is 0.177. The van der Waals surface area contributed by atoms with E-state index in [9.17, 15) is 9.50 Å². The van der Waals surface area contributed by atoms with Crippen LogP contribution in [0.15, 0.2) is 41.2 Å². The number of rotatable bonds is 3. The normalized spacial score (nSPS) is 12.7. The molecule has 1 aromatic carbocycles. The van der Waals surface area contributed by atoms with Gasteiger partial charge in [-0.2, -0.15) is 0 Å². The van der Waals surface area contributed by atoms with E-state index in [4.69, 9.17) is 4.42 Å². The van der Waals surface area contributed by atoms with Crippen LogP contribution in [0.3, 0.4) is 0 Å². The summed E-state index contributed by atoms with van der Waals surface area (Å²) in [5.74, 6) is -0.288. The summed E-state index contributed by atoms with van der Waals surface area (Å²) in [6, 6.07) is 6.19. The molecule has 0 bridgehead atoms. The summed E-state index contributed by atoms with van der Waals surface area (Å²) in [5, 5.41) is 10.00. The van der Waals surface area contributed by atoms with Gasteiger partial charge in [-0.25, -0.2) is 4.39 Å². The molecule has 0 fully saturated rings. The first kappa shape index (κ1) is 11.6. The lowest BCUT2D eigenvalue weighted by atomic mass is 10.0. The fourth-order valence-electron chi connectivity index (χ4n) is 1.51. The molecular formula is C12H10FIO2. The second kappa shape index (κ2) is 4.97. The van der Waals surface area contributed by atoms with Crippen LogP contribution in [0, 0.1) is 9.39 Å². The Kier molecular flexibility index (Phi) is 3.60. The summed E-state index contributed by atoms with van der Waals surface area (Å²) in [6.07, 6.45) is 3.00. The van der Waals surface area contributed by atoms with E-state index >= 15 is 0 Å². The predicted octanol–water partition coefficient (Wildman–Crippen LogP) is 3.30. The molecule has 0 saturated heterocycles. The minimum Gasteiger partial charge on any atom is -0.472 e. The second-order valence-corrected chi connectivity index (χ2v) is 4.68. The van der Waals surface area contributed by atoms with E-state index in [1.165, 1.54) is 12.1 Å². The van der Waals surface area contributed by atoms with Gasteiger partial charge in [-0.15, -0.1) is 0 Å². The van der Waals surface area contributed by atoms with Crippen LogP contribution in [0.5, 0.6) is 0 Å². The van der Waals surface area contributed by atoms with Crippen molar-refractivity contribution in [1.82, 2.24) is 0 Å². The third-order valence-electron chi connectivity index (χ3n) is 2.33. The van der Waals surface area contributed by atoms with Crippen LogP contribution in [-0.2, 0) is 6.42 Å². The predicted molar refractivity (Wildman–Crippen MR) is 66.5 cm³/mol. The summed E-state index contributed by atoms with van der Waals surface area (Å²) >= 11 is 2.02. The molecule has 0 spiro atoms. The largest absolute Gasteiger partial charge is 0.472 e. The van der Waals surface area contributed by atoms with Gasteiger partial charge in [-0.3, -0.25) is 0 Å². The number of aliphatic hydroxyl groups excluding tert-OH is 1. The first-order valence-corrected chi connectivity index (χ1v) is 5.89. The number of hydrogen-bond acceptors (Lipinski definition) is 2. The SMILES string of the molecule is OC(Cc1ccoc1)c1ccc(F)cc1I. The Labute approximate surface area is 106 Å². The van der Waals surface area contributed by atoms with Crippen molar-refractivity contribution < 1.29 is 13.9 Å². The maximum absolute atomic E-state index is 12.9. The maximum Gasteiger partial charge on any atom is 0.124 e. The summed E-state index contributed by atoms with van der Waals surface area (Å²) in [4.78, 5) is 0. The van der Waals surface area contributed by atoms with E-state index in [-0.39, 0.29) is 5.82 Å². The van der Waals surface area contributed by atoms with E-state index < -0.39 is 6.10 Å². The maximum atomic E-state index is 12.9. The third kappa shape index (κ3) is 2.62. The van der Waals surface area contributed by atoms with Crippen molar-refractivity contribution in [3.8, 4) is 0 Å². The van der Waals surface area contributed by atoms with Gasteiger partial charge in [0.15, 0.2) is 0 Å². The van der Waals surface area contributed by atoms with Crippen LogP contribution in [0.2, 0.25) is 0 Å². The fourth-order valence-corrected chi connectivity index (χ4v) is 2.35. The zero-order chi connectivity index (χ0) is 11.5. The highest BCUT2D eigenvalue weighted by atomic mass is 127. The first-order chi connectivity index (χ1) is 7.66. The van der Waals surface area contributed by atoms with Gasteiger partial charge >= 0.3 is 0 Å². The molecule has 2 nitrogen and oxygen atoms in total. The average Bonchev–Trinajstić information content (AvgIpc) is 2.70. The van der Waals surface area contributed by atoms with Gasteiger partial charge < -0.3 is 9.52 Å². The van der Waals surface area contributed by atoms with Crippen molar-refractivity contribution in [3.05, 3.63) is 57.3 Å². The van der Waals surface area contributed by atoms with Crippen molar-refractivity contribution in [2.45, 2.75) is 12.5 Å². The van der Waals surface area contributed by atoms with Crippen molar-refractivity contribution in [2.24, 2.45) is 0 Å². The molecule has 1 atom stereocenters. The lowest BCUT2D eigenvalue weighted by Crippen LogP contribution is -2.03. The highest BCUT2D eigenvalue weighted by Gasteiger charge is 2.13. The molecule has 0 aliphatic heterocycles. The van der Waals surface area contributed by atoms with Crippen molar-refractivity contribution >= 4 is 22.6 Å². The van der Waals surface area contributed by atoms with Gasteiger partial charge in [0.1, 0.15) is 5.82 Å². The van der Waals surface area contributed by atoms with Gasteiger partial charge in [0.25, 0.3) is 0 Å². The molecule has 0 radical (unpaired) electrons. The summed E-state index contributed by atoms with van der Waals surface area (Å²) in [5.41, 5.74) is 1.66. The Morgan fingerprint density at radius 2 is 2.19 bits per heavy atom. The molecule has 0 aliphatic carbocycles. The molecule has 0 amide bonds. The Bertz CT molecular complexity index is 468. The number of aliphatic hydroxyl groups is 1. The van der Waals surface area contributed by atoms with Gasteiger partial charge in [-0.1, -0.05) is 6.07 Å². The van der Waals surface area contributed by atoms with E-state index in [0.29, 0.717) is 6.42 Å². The molecule has 1 unspecified atom stereocenters. The van der Waals surface area contributed by atoms with Gasteiger partial charge in [0, 0.05) is 9.99 Å². The Morgan fingerprint density at radius 1 is 1.38 bits per heavy atom. The van der Waals surface area contributed by atoms with Gasteiger partial charge in [0.2, 0.25) is 0 Å². The summed E-state index contributed by atoms with van der Waals surface area (Å²) in [7, 11) is 0. The number of benzene rings is 1. The van der Waals surface area contributed by atoms with Gasteiger partial charge in [-0.05, 0) is 51.9 Å². The Hall–Kier alpha value is -0.880. The monoisotopic (exact) mass is 332 g/mol. The molecule has 2 aromatic rings. The van der Waals surface area contributed by atoms with E-state index in [1.807, 2.05) is 22.6 Å². The van der Waals surface area contributed by atoms with Crippen LogP contribution in [0.25, 0.3) is 0 Å². The van der Waals surface area contributed by atoms with Crippen LogP contribution in [-0.4, -0.2) is 5.11 Å². The minimum absolute atomic E-state index is 0.288. The third-order valence-corrected chi connectivity index (χ3v) is 3.26. The molecule has 2 rings (SSSR count). The van der Waals surface area contributed by atoms with E-state index in [0.717, 1.165) is 14.7 Å². The zero-order valence-electron chi connectivity index (χ0n) is 8.36. The Morgan fingerprint density at radius 3 is 2.81 bits per heavy atom. The van der Waals surface area contributed by atoms with E-state index in [1.54, 1.807) is 24.7 Å². The van der Waals surface area contributed by atoms with Gasteiger partial charge in [0.05, 0.1) is 18.6 Å². The number of hydrogen-bond donors (Lipinski definition) is 1. The lowest BCUT2D eigenvalue weighted by Gasteiger charge is -2.11. The number of furan rings is 1. The average molecular weight is 332 g/mol.